The van der Waals surface area contributed by atoms with E-state index in [-0.39, 0.29) is 54.3 Å². The first-order chi connectivity index (χ1) is 15.8. The summed E-state index contributed by atoms with van der Waals surface area (Å²) in [6.07, 6.45) is -5.07. The number of fused-ring (bicyclic) bond motifs is 1. The fourth-order valence-electron chi connectivity index (χ4n) is 4.30. The molecule has 2 aliphatic rings. The highest BCUT2D eigenvalue weighted by molar-refractivity contribution is 6.30. The van der Waals surface area contributed by atoms with E-state index in [9.17, 15) is 36.6 Å². The van der Waals surface area contributed by atoms with Crippen LogP contribution in [0.1, 0.15) is 43.0 Å². The molecule has 3 N–H and O–H groups in total. The van der Waals surface area contributed by atoms with Crippen molar-refractivity contribution in [3.05, 3.63) is 28.7 Å². The Kier molecular flexibility index (Phi) is 6.21. The van der Waals surface area contributed by atoms with Crippen molar-refractivity contribution in [3.63, 3.8) is 0 Å². The number of hydrogen-bond donors (Lipinski definition) is 3. The molecule has 1 aliphatic heterocycles. The first kappa shape index (κ1) is 24.2. The third-order valence-electron chi connectivity index (χ3n) is 6.07. The Morgan fingerprint density at radius 3 is 2.62 bits per heavy atom. The second-order valence-corrected chi connectivity index (χ2v) is 8.83. The zero-order valence-electron chi connectivity index (χ0n) is 17.4. The molecule has 0 radical (unpaired) electrons. The van der Waals surface area contributed by atoms with Gasteiger partial charge in [-0.15, -0.1) is 0 Å². The molecule has 2 aromatic heterocycles. The van der Waals surface area contributed by atoms with Gasteiger partial charge in [-0.1, -0.05) is 11.6 Å². The molecule has 34 heavy (non-hydrogen) atoms. The van der Waals surface area contributed by atoms with Crippen LogP contribution in [0.2, 0.25) is 5.15 Å². The van der Waals surface area contributed by atoms with Gasteiger partial charge in [0.2, 0.25) is 5.92 Å². The summed E-state index contributed by atoms with van der Waals surface area (Å²) in [7, 11) is 0. The van der Waals surface area contributed by atoms with E-state index in [4.69, 9.17) is 11.6 Å². The number of nitrogens with zero attached hydrogens (tertiary/aromatic N) is 4. The minimum atomic E-state index is -4.59. The predicted molar refractivity (Wildman–Crippen MR) is 108 cm³/mol. The monoisotopic (exact) mass is 510 g/mol. The summed E-state index contributed by atoms with van der Waals surface area (Å²) < 4.78 is 67.2. The van der Waals surface area contributed by atoms with Crippen LogP contribution < -0.4 is 10.6 Å². The Morgan fingerprint density at radius 2 is 2.03 bits per heavy atom. The lowest BCUT2D eigenvalue weighted by Gasteiger charge is -2.32. The van der Waals surface area contributed by atoms with Gasteiger partial charge < -0.3 is 20.6 Å². The summed E-state index contributed by atoms with van der Waals surface area (Å²) in [5.41, 5.74) is 0.693. The summed E-state index contributed by atoms with van der Waals surface area (Å²) in [5, 5.41) is 17.5. The Labute approximate surface area is 194 Å². The molecular formula is C19H20ClF5N6O3. The molecule has 4 rings (SSSR count). The van der Waals surface area contributed by atoms with Crippen LogP contribution in [0.4, 0.5) is 31.5 Å². The smallest absolute Gasteiger partial charge is 0.410 e. The largest absolute Gasteiger partial charge is 0.465 e. The minimum absolute atomic E-state index is 0.0836. The normalized spacial score (nSPS) is 22.1. The first-order valence-electron chi connectivity index (χ1n) is 10.4. The van der Waals surface area contributed by atoms with Crippen LogP contribution in [-0.2, 0) is 6.54 Å². The van der Waals surface area contributed by atoms with Crippen molar-refractivity contribution in [1.82, 2.24) is 30.1 Å². The summed E-state index contributed by atoms with van der Waals surface area (Å²) in [5.74, 6) is -3.21. The highest BCUT2D eigenvalue weighted by Crippen LogP contribution is 2.41. The van der Waals surface area contributed by atoms with E-state index in [0.29, 0.717) is 0 Å². The SMILES string of the molecule is O=C(O)N[C@H](c1cn2nc(Cl)c(CN3C[C@@H](C(F)(F)F)NC3=O)cc2n1)C1CCC(F)(F)CC1. The maximum absolute atomic E-state index is 13.6. The van der Waals surface area contributed by atoms with Crippen LogP contribution in [-0.4, -0.2) is 61.4 Å². The number of urea groups is 1. The number of imidazole rings is 1. The number of halogens is 6. The van der Waals surface area contributed by atoms with Crippen LogP contribution in [0, 0.1) is 5.92 Å². The second-order valence-electron chi connectivity index (χ2n) is 8.47. The topological polar surface area (TPSA) is 112 Å². The van der Waals surface area contributed by atoms with Crippen LogP contribution in [0.25, 0.3) is 5.65 Å². The quantitative estimate of drug-likeness (QED) is 0.527. The second kappa shape index (κ2) is 8.71. The molecule has 3 amide bonds. The molecule has 1 saturated heterocycles. The third kappa shape index (κ3) is 5.10. The molecule has 2 atom stereocenters. The maximum atomic E-state index is 13.6. The molecule has 15 heteroatoms. The lowest BCUT2D eigenvalue weighted by Crippen LogP contribution is -2.40. The molecular weight excluding hydrogens is 491 g/mol. The van der Waals surface area contributed by atoms with Gasteiger partial charge in [-0.05, 0) is 24.8 Å². The maximum Gasteiger partial charge on any atom is 0.410 e. The first-order valence-corrected chi connectivity index (χ1v) is 10.7. The summed E-state index contributed by atoms with van der Waals surface area (Å²) >= 11 is 6.18. The van der Waals surface area contributed by atoms with Gasteiger partial charge in [-0.2, -0.15) is 18.3 Å². The molecule has 2 aromatic rings. The molecule has 0 bridgehead atoms. The number of hydrogen-bond acceptors (Lipinski definition) is 4. The van der Waals surface area contributed by atoms with Crippen molar-refractivity contribution in [2.24, 2.45) is 5.92 Å². The number of rotatable bonds is 5. The Hall–Kier alpha value is -2.90. The Bertz CT molecular complexity index is 1100. The highest BCUT2D eigenvalue weighted by atomic mass is 35.5. The van der Waals surface area contributed by atoms with Gasteiger partial charge in [0.1, 0.15) is 6.04 Å². The van der Waals surface area contributed by atoms with E-state index in [2.05, 4.69) is 15.4 Å². The number of carbonyl (C=O) groups is 2. The van der Waals surface area contributed by atoms with Crippen LogP contribution >= 0.6 is 11.6 Å². The van der Waals surface area contributed by atoms with Crippen molar-refractivity contribution >= 4 is 29.4 Å². The van der Waals surface area contributed by atoms with Gasteiger partial charge in [-0.3, -0.25) is 0 Å². The molecule has 186 valence electrons. The molecule has 1 aliphatic carbocycles. The average Bonchev–Trinajstić information content (AvgIpc) is 3.29. The zero-order chi connectivity index (χ0) is 24.8. The average molecular weight is 511 g/mol. The number of amides is 3. The van der Waals surface area contributed by atoms with Crippen LogP contribution in [0.15, 0.2) is 12.3 Å². The van der Waals surface area contributed by atoms with E-state index in [1.54, 1.807) is 0 Å². The van der Waals surface area contributed by atoms with Gasteiger partial charge in [-0.25, -0.2) is 27.9 Å². The number of carbonyl (C=O) groups excluding carboxylic acids is 1. The van der Waals surface area contributed by atoms with Crippen LogP contribution in [0.3, 0.4) is 0 Å². The molecule has 0 aromatic carbocycles. The van der Waals surface area contributed by atoms with Crippen molar-refractivity contribution < 1.29 is 36.6 Å². The van der Waals surface area contributed by atoms with Crippen molar-refractivity contribution in [2.75, 3.05) is 6.54 Å². The summed E-state index contributed by atoms with van der Waals surface area (Å²) in [6.45, 7) is -0.849. The van der Waals surface area contributed by atoms with Gasteiger partial charge in [0.05, 0.1) is 31.0 Å². The number of aromatic nitrogens is 3. The standard InChI is InChI=1S/C19H20ClF5N6O3/c20-15-10(6-30-8-12(19(23,24)25)27-16(30)32)5-13-26-11(7-31(13)29-15)14(28-17(33)34)9-1-3-18(21,22)4-2-9/h5,7,9,12,14,28H,1-4,6,8H2,(H,27,32)(H,33,34)/t12-,14-/m0/s1. The van der Waals surface area contributed by atoms with Crippen molar-refractivity contribution in [3.8, 4) is 0 Å². The Morgan fingerprint density at radius 1 is 1.35 bits per heavy atom. The minimum Gasteiger partial charge on any atom is -0.465 e. The fraction of sp³-hybridized carbons (Fsp3) is 0.579. The van der Waals surface area contributed by atoms with E-state index >= 15 is 0 Å². The van der Waals surface area contributed by atoms with Gasteiger partial charge in [0.25, 0.3) is 0 Å². The zero-order valence-corrected chi connectivity index (χ0v) is 18.2. The van der Waals surface area contributed by atoms with E-state index < -0.39 is 48.8 Å². The van der Waals surface area contributed by atoms with Crippen LogP contribution in [0.5, 0.6) is 0 Å². The lowest BCUT2D eigenvalue weighted by molar-refractivity contribution is -0.149. The molecule has 9 nitrogen and oxygen atoms in total. The van der Waals surface area contributed by atoms with E-state index in [1.807, 2.05) is 5.32 Å². The van der Waals surface area contributed by atoms with E-state index in [0.717, 1.165) is 4.90 Å². The number of carboxylic acid groups (broad SMARTS) is 1. The summed E-state index contributed by atoms with van der Waals surface area (Å²) in [6, 6.07) is -2.34. The van der Waals surface area contributed by atoms with Crippen molar-refractivity contribution in [2.45, 2.75) is 56.4 Å². The van der Waals surface area contributed by atoms with Gasteiger partial charge >= 0.3 is 18.3 Å². The number of alkyl halides is 5. The van der Waals surface area contributed by atoms with E-state index in [1.165, 1.54) is 16.8 Å². The molecule has 0 spiro atoms. The lowest BCUT2D eigenvalue weighted by atomic mass is 9.81. The molecule has 3 heterocycles. The van der Waals surface area contributed by atoms with Gasteiger partial charge in [0, 0.05) is 18.4 Å². The predicted octanol–water partition coefficient (Wildman–Crippen LogP) is 3.97. The molecule has 2 fully saturated rings. The summed E-state index contributed by atoms with van der Waals surface area (Å²) in [4.78, 5) is 28.6. The van der Waals surface area contributed by atoms with Gasteiger partial charge in [0.15, 0.2) is 10.8 Å². The number of nitrogens with one attached hydrogen (secondary N) is 2. The third-order valence-corrected chi connectivity index (χ3v) is 6.39. The Balaban J connectivity index is 1.57. The van der Waals surface area contributed by atoms with Crippen molar-refractivity contribution in [1.29, 1.82) is 0 Å². The molecule has 1 saturated carbocycles. The fourth-order valence-corrected chi connectivity index (χ4v) is 4.49. The molecule has 0 unspecified atom stereocenters. The highest BCUT2D eigenvalue weighted by Gasteiger charge is 2.47.